The highest BCUT2D eigenvalue weighted by atomic mass is 15.2. The van der Waals surface area contributed by atoms with Crippen LogP contribution in [0.2, 0.25) is 0 Å². The van der Waals surface area contributed by atoms with Crippen LogP contribution in [-0.2, 0) is 0 Å². The third-order valence-electron chi connectivity index (χ3n) is 5.80. The van der Waals surface area contributed by atoms with Gasteiger partial charge in [-0.05, 0) is 84.3 Å². The van der Waals surface area contributed by atoms with E-state index in [2.05, 4.69) is 44.3 Å². The SMILES string of the molecule is CN=C(NCCCN1CCC(C)CC1)NCCCN1CCCN(C)CC1. The Labute approximate surface area is 161 Å². The van der Waals surface area contributed by atoms with Gasteiger partial charge in [0.05, 0.1) is 0 Å². The first-order valence-corrected chi connectivity index (χ1v) is 10.7. The van der Waals surface area contributed by atoms with Gasteiger partial charge in [0.15, 0.2) is 5.96 Å². The average molecular weight is 367 g/mol. The van der Waals surface area contributed by atoms with E-state index in [9.17, 15) is 0 Å². The van der Waals surface area contributed by atoms with Crippen LogP contribution < -0.4 is 10.6 Å². The van der Waals surface area contributed by atoms with Gasteiger partial charge >= 0.3 is 0 Å². The van der Waals surface area contributed by atoms with Crippen molar-refractivity contribution in [1.82, 2.24) is 25.3 Å². The Morgan fingerprint density at radius 1 is 0.885 bits per heavy atom. The van der Waals surface area contributed by atoms with Crippen molar-refractivity contribution >= 4 is 5.96 Å². The quantitative estimate of drug-likeness (QED) is 0.385. The molecule has 2 fully saturated rings. The van der Waals surface area contributed by atoms with E-state index in [4.69, 9.17) is 0 Å². The smallest absolute Gasteiger partial charge is 0.190 e. The van der Waals surface area contributed by atoms with Crippen LogP contribution in [0.1, 0.15) is 39.0 Å². The summed E-state index contributed by atoms with van der Waals surface area (Å²) < 4.78 is 0. The minimum absolute atomic E-state index is 0.919. The summed E-state index contributed by atoms with van der Waals surface area (Å²) in [5.74, 6) is 1.87. The summed E-state index contributed by atoms with van der Waals surface area (Å²) in [6.45, 7) is 14.2. The fourth-order valence-corrected chi connectivity index (χ4v) is 3.85. The van der Waals surface area contributed by atoms with E-state index in [1.165, 1.54) is 84.5 Å². The zero-order valence-electron chi connectivity index (χ0n) is 17.5. The molecule has 2 saturated heterocycles. The molecule has 0 atom stereocenters. The Hall–Kier alpha value is -0.850. The van der Waals surface area contributed by atoms with Gasteiger partial charge in [0.1, 0.15) is 0 Å². The fraction of sp³-hybridized carbons (Fsp3) is 0.950. The van der Waals surface area contributed by atoms with Crippen LogP contribution in [0, 0.1) is 5.92 Å². The molecule has 2 aliphatic rings. The maximum Gasteiger partial charge on any atom is 0.190 e. The molecule has 6 heteroatoms. The molecule has 0 saturated carbocycles. The summed E-state index contributed by atoms with van der Waals surface area (Å²) in [5, 5.41) is 6.93. The van der Waals surface area contributed by atoms with Gasteiger partial charge in [0, 0.05) is 33.2 Å². The number of hydrogen-bond acceptors (Lipinski definition) is 4. The Balaban J connectivity index is 1.48. The van der Waals surface area contributed by atoms with Crippen LogP contribution in [0.15, 0.2) is 4.99 Å². The van der Waals surface area contributed by atoms with E-state index < -0.39 is 0 Å². The molecule has 0 unspecified atom stereocenters. The predicted octanol–water partition coefficient (Wildman–Crippen LogP) is 1.30. The van der Waals surface area contributed by atoms with Gasteiger partial charge < -0.3 is 25.3 Å². The number of likely N-dealkylation sites (N-methyl/N-ethyl adjacent to an activating group) is 1. The monoisotopic (exact) mass is 366 g/mol. The molecule has 2 heterocycles. The molecule has 0 aliphatic carbocycles. The van der Waals surface area contributed by atoms with Gasteiger partial charge in [-0.15, -0.1) is 0 Å². The third kappa shape index (κ3) is 8.69. The highest BCUT2D eigenvalue weighted by Gasteiger charge is 2.15. The molecule has 2 rings (SSSR count). The van der Waals surface area contributed by atoms with Crippen LogP contribution in [0.5, 0.6) is 0 Å². The van der Waals surface area contributed by atoms with Crippen molar-refractivity contribution in [3.63, 3.8) is 0 Å². The minimum atomic E-state index is 0.919. The zero-order chi connectivity index (χ0) is 18.6. The molecule has 0 spiro atoms. The lowest BCUT2D eigenvalue weighted by Gasteiger charge is -2.30. The number of hydrogen-bond donors (Lipinski definition) is 2. The second-order valence-corrected chi connectivity index (χ2v) is 8.16. The molecule has 26 heavy (non-hydrogen) atoms. The van der Waals surface area contributed by atoms with E-state index >= 15 is 0 Å². The summed E-state index contributed by atoms with van der Waals surface area (Å²) in [6, 6.07) is 0. The van der Waals surface area contributed by atoms with Gasteiger partial charge in [-0.25, -0.2) is 0 Å². The first-order chi connectivity index (χ1) is 12.7. The Morgan fingerprint density at radius 2 is 1.50 bits per heavy atom. The number of piperidine rings is 1. The maximum atomic E-state index is 4.35. The number of nitrogens with one attached hydrogen (secondary N) is 2. The lowest BCUT2D eigenvalue weighted by atomic mass is 9.99. The van der Waals surface area contributed by atoms with Crippen LogP contribution >= 0.6 is 0 Å². The van der Waals surface area contributed by atoms with E-state index in [0.717, 1.165) is 25.0 Å². The topological polar surface area (TPSA) is 46.1 Å². The Bertz CT molecular complexity index is 392. The van der Waals surface area contributed by atoms with E-state index in [-0.39, 0.29) is 0 Å². The molecule has 6 nitrogen and oxygen atoms in total. The normalized spacial score (nSPS) is 22.3. The molecular formula is C20H42N6. The van der Waals surface area contributed by atoms with Crippen molar-refractivity contribution in [3.8, 4) is 0 Å². The maximum absolute atomic E-state index is 4.35. The average Bonchev–Trinajstić information content (AvgIpc) is 2.86. The lowest BCUT2D eigenvalue weighted by Crippen LogP contribution is -2.40. The molecule has 0 amide bonds. The predicted molar refractivity (Wildman–Crippen MR) is 112 cm³/mol. The highest BCUT2D eigenvalue weighted by molar-refractivity contribution is 5.79. The molecule has 0 aromatic carbocycles. The summed E-state index contributed by atoms with van der Waals surface area (Å²) in [4.78, 5) is 12.0. The van der Waals surface area contributed by atoms with Crippen molar-refractivity contribution < 1.29 is 0 Å². The first kappa shape index (κ1) is 21.5. The number of rotatable bonds is 8. The number of nitrogens with zero attached hydrogens (tertiary/aromatic N) is 4. The van der Waals surface area contributed by atoms with E-state index in [1.807, 2.05) is 7.05 Å². The molecule has 0 bridgehead atoms. The molecule has 2 aliphatic heterocycles. The van der Waals surface area contributed by atoms with E-state index in [0.29, 0.717) is 0 Å². The number of guanidine groups is 1. The Kier molecular flexibility index (Phi) is 10.3. The van der Waals surface area contributed by atoms with Gasteiger partial charge in [-0.2, -0.15) is 0 Å². The minimum Gasteiger partial charge on any atom is -0.356 e. The lowest BCUT2D eigenvalue weighted by molar-refractivity contribution is 0.191. The van der Waals surface area contributed by atoms with Crippen molar-refractivity contribution in [2.75, 3.05) is 79.5 Å². The summed E-state index contributed by atoms with van der Waals surface area (Å²) in [7, 11) is 4.10. The fourth-order valence-electron chi connectivity index (χ4n) is 3.85. The summed E-state index contributed by atoms with van der Waals surface area (Å²) >= 11 is 0. The molecule has 0 radical (unpaired) electrons. The van der Waals surface area contributed by atoms with Gasteiger partial charge in [0.2, 0.25) is 0 Å². The molecule has 0 aromatic heterocycles. The standard InChI is InChI=1S/C20H42N6/c1-19-7-15-26(16-8-19)13-5-10-23-20(21-2)22-9-4-12-25-14-6-11-24(3)17-18-25/h19H,4-18H2,1-3H3,(H2,21,22,23). The number of likely N-dealkylation sites (tertiary alicyclic amines) is 1. The third-order valence-corrected chi connectivity index (χ3v) is 5.80. The van der Waals surface area contributed by atoms with Crippen LogP contribution in [0.25, 0.3) is 0 Å². The van der Waals surface area contributed by atoms with Crippen molar-refractivity contribution in [2.24, 2.45) is 10.9 Å². The van der Waals surface area contributed by atoms with Crippen molar-refractivity contribution in [1.29, 1.82) is 0 Å². The highest BCUT2D eigenvalue weighted by Crippen LogP contribution is 2.15. The number of aliphatic imine (C=N–C) groups is 1. The van der Waals surface area contributed by atoms with Gasteiger partial charge in [-0.3, -0.25) is 4.99 Å². The molecular weight excluding hydrogens is 324 g/mol. The van der Waals surface area contributed by atoms with Gasteiger partial charge in [0.25, 0.3) is 0 Å². The summed E-state index contributed by atoms with van der Waals surface area (Å²) in [5.41, 5.74) is 0. The van der Waals surface area contributed by atoms with Crippen LogP contribution in [0.4, 0.5) is 0 Å². The van der Waals surface area contributed by atoms with Crippen molar-refractivity contribution in [3.05, 3.63) is 0 Å². The second-order valence-electron chi connectivity index (χ2n) is 8.16. The second kappa shape index (κ2) is 12.5. The Morgan fingerprint density at radius 3 is 2.12 bits per heavy atom. The summed E-state index contributed by atoms with van der Waals surface area (Å²) in [6.07, 6.45) is 6.39. The molecule has 2 N–H and O–H groups in total. The van der Waals surface area contributed by atoms with Crippen LogP contribution in [-0.4, -0.2) is 100 Å². The van der Waals surface area contributed by atoms with Gasteiger partial charge in [-0.1, -0.05) is 6.92 Å². The van der Waals surface area contributed by atoms with Crippen molar-refractivity contribution in [2.45, 2.75) is 39.0 Å². The van der Waals surface area contributed by atoms with E-state index in [1.54, 1.807) is 0 Å². The largest absolute Gasteiger partial charge is 0.356 e. The molecule has 0 aromatic rings. The first-order valence-electron chi connectivity index (χ1n) is 10.7. The zero-order valence-corrected chi connectivity index (χ0v) is 17.5. The molecule has 152 valence electrons. The van der Waals surface area contributed by atoms with Crippen LogP contribution in [0.3, 0.4) is 0 Å².